The van der Waals surface area contributed by atoms with E-state index in [1.807, 2.05) is 0 Å². The Morgan fingerprint density at radius 1 is 1.18 bits per heavy atom. The number of anilines is 1. The molecule has 5 nitrogen and oxygen atoms in total. The lowest BCUT2D eigenvalue weighted by atomic mass is 10.0. The Kier molecular flexibility index (Phi) is 7.50. The fraction of sp³-hybridized carbons (Fsp3) is 0.130. The molecule has 1 heterocycles. The number of benzene rings is 2. The topological polar surface area (TPSA) is 64.4 Å². The molecule has 0 spiro atoms. The summed E-state index contributed by atoms with van der Waals surface area (Å²) in [6.07, 6.45) is -3.94. The van der Waals surface area contributed by atoms with Crippen LogP contribution in [-0.2, 0) is 4.74 Å². The number of alkyl halides is 3. The van der Waals surface area contributed by atoms with Crippen LogP contribution >= 0.6 is 23.2 Å². The van der Waals surface area contributed by atoms with Crippen LogP contribution in [-0.4, -0.2) is 23.9 Å². The number of carbonyl (C=O) groups is 1. The lowest BCUT2D eigenvalue weighted by molar-refractivity contribution is -0.0897. The number of nitrogens with one attached hydrogen (secondary N) is 1. The predicted octanol–water partition coefficient (Wildman–Crippen LogP) is 7.40. The standard InChI is InChI=1S/C23H17Cl2F3N2O3/c1-3-17(21(23(26,27)28)29-16-7-5-6-15(25)12-16)20-18(22(31)32-4-2)19(30-33-20)13-8-10-14(24)11-9-13/h3,5-12,29H,1,4H2,2H3/b21-17+. The van der Waals surface area contributed by atoms with Gasteiger partial charge in [0, 0.05) is 26.9 Å². The van der Waals surface area contributed by atoms with E-state index in [0.717, 1.165) is 6.08 Å². The van der Waals surface area contributed by atoms with Gasteiger partial charge in [-0.3, -0.25) is 0 Å². The summed E-state index contributed by atoms with van der Waals surface area (Å²) in [5.41, 5.74) is -1.55. The Morgan fingerprint density at radius 2 is 1.88 bits per heavy atom. The van der Waals surface area contributed by atoms with Gasteiger partial charge in [0.2, 0.25) is 0 Å². The molecule has 0 aliphatic rings. The Labute approximate surface area is 197 Å². The van der Waals surface area contributed by atoms with Gasteiger partial charge in [-0.25, -0.2) is 4.79 Å². The lowest BCUT2D eigenvalue weighted by Gasteiger charge is -2.17. The summed E-state index contributed by atoms with van der Waals surface area (Å²) in [4.78, 5) is 12.8. The number of rotatable bonds is 7. The second kappa shape index (κ2) is 10.1. The maximum Gasteiger partial charge on any atom is 0.431 e. The highest BCUT2D eigenvalue weighted by atomic mass is 35.5. The number of aromatic nitrogens is 1. The minimum atomic E-state index is -4.87. The molecule has 0 atom stereocenters. The molecule has 3 rings (SSSR count). The smallest absolute Gasteiger partial charge is 0.431 e. The molecular weight excluding hydrogens is 480 g/mol. The van der Waals surface area contributed by atoms with Crippen molar-refractivity contribution in [1.29, 1.82) is 0 Å². The fourth-order valence-electron chi connectivity index (χ4n) is 2.98. The molecule has 3 aromatic rings. The third-order valence-electron chi connectivity index (χ3n) is 4.38. The molecule has 0 radical (unpaired) electrons. The normalized spacial score (nSPS) is 12.2. The van der Waals surface area contributed by atoms with Crippen LogP contribution in [0.5, 0.6) is 0 Å². The van der Waals surface area contributed by atoms with E-state index >= 15 is 0 Å². The van der Waals surface area contributed by atoms with Crippen LogP contribution in [0.25, 0.3) is 16.8 Å². The molecule has 0 unspecified atom stereocenters. The summed E-state index contributed by atoms with van der Waals surface area (Å²) >= 11 is 11.8. The molecule has 172 valence electrons. The summed E-state index contributed by atoms with van der Waals surface area (Å²) in [6, 6.07) is 11.9. The van der Waals surface area contributed by atoms with Crippen molar-refractivity contribution in [2.24, 2.45) is 0 Å². The number of carbonyl (C=O) groups excluding carboxylic acids is 1. The Balaban J connectivity index is 2.25. The van der Waals surface area contributed by atoms with Crippen LogP contribution in [0.2, 0.25) is 10.0 Å². The summed E-state index contributed by atoms with van der Waals surface area (Å²) < 4.78 is 52.6. The molecule has 0 bridgehead atoms. The van der Waals surface area contributed by atoms with Crippen LogP contribution in [0.1, 0.15) is 23.0 Å². The van der Waals surface area contributed by atoms with Gasteiger partial charge in [-0.15, -0.1) is 0 Å². The summed E-state index contributed by atoms with van der Waals surface area (Å²) in [6.45, 7) is 5.05. The van der Waals surface area contributed by atoms with Crippen molar-refractivity contribution in [3.8, 4) is 11.3 Å². The molecule has 0 saturated carbocycles. The second-order valence-corrected chi connectivity index (χ2v) is 7.46. The highest BCUT2D eigenvalue weighted by Crippen LogP contribution is 2.38. The highest BCUT2D eigenvalue weighted by Gasteiger charge is 2.39. The number of nitrogens with zero attached hydrogens (tertiary/aromatic N) is 1. The van der Waals surface area contributed by atoms with Gasteiger partial charge in [0.1, 0.15) is 17.0 Å². The maximum absolute atomic E-state index is 14.1. The average molecular weight is 497 g/mol. The van der Waals surface area contributed by atoms with Gasteiger partial charge in [0.05, 0.1) is 6.61 Å². The molecule has 0 fully saturated rings. The number of ether oxygens (including phenoxy) is 1. The zero-order valence-corrected chi connectivity index (χ0v) is 18.7. The molecule has 10 heteroatoms. The maximum atomic E-state index is 14.1. The number of hydrogen-bond donors (Lipinski definition) is 1. The van der Waals surface area contributed by atoms with E-state index in [-0.39, 0.29) is 28.6 Å². The molecular formula is C23H17Cl2F3N2O3. The van der Waals surface area contributed by atoms with Gasteiger partial charge in [-0.1, -0.05) is 59.2 Å². The minimum Gasteiger partial charge on any atom is -0.462 e. The Bertz CT molecular complexity index is 1200. The first kappa shape index (κ1) is 24.4. The fourth-order valence-corrected chi connectivity index (χ4v) is 3.30. The van der Waals surface area contributed by atoms with E-state index in [0.29, 0.717) is 10.6 Å². The molecule has 0 amide bonds. The second-order valence-electron chi connectivity index (χ2n) is 6.59. The molecule has 0 aliphatic carbocycles. The third kappa shape index (κ3) is 5.58. The summed E-state index contributed by atoms with van der Waals surface area (Å²) in [7, 11) is 0. The molecule has 0 saturated heterocycles. The Hall–Kier alpha value is -3.23. The van der Waals surface area contributed by atoms with Gasteiger partial charge in [0.25, 0.3) is 0 Å². The minimum absolute atomic E-state index is 0.00347. The lowest BCUT2D eigenvalue weighted by Crippen LogP contribution is -2.21. The first-order valence-corrected chi connectivity index (χ1v) is 10.3. The van der Waals surface area contributed by atoms with E-state index in [4.69, 9.17) is 32.5 Å². The average Bonchev–Trinajstić information content (AvgIpc) is 3.18. The largest absolute Gasteiger partial charge is 0.462 e. The van der Waals surface area contributed by atoms with E-state index < -0.39 is 29.2 Å². The molecule has 33 heavy (non-hydrogen) atoms. The monoisotopic (exact) mass is 496 g/mol. The first-order chi connectivity index (χ1) is 15.7. The number of hydrogen-bond acceptors (Lipinski definition) is 5. The van der Waals surface area contributed by atoms with Gasteiger partial charge in [-0.05, 0) is 37.3 Å². The van der Waals surface area contributed by atoms with Crippen LogP contribution < -0.4 is 5.32 Å². The SMILES string of the molecule is C=C/C(=C(\Nc1cccc(Cl)c1)C(F)(F)F)c1onc(-c2ccc(Cl)cc2)c1C(=O)OCC. The van der Waals surface area contributed by atoms with Crippen molar-refractivity contribution >= 4 is 40.4 Å². The first-order valence-electron chi connectivity index (χ1n) is 9.55. The van der Waals surface area contributed by atoms with Crippen LogP contribution in [0.3, 0.4) is 0 Å². The summed E-state index contributed by atoms with van der Waals surface area (Å²) in [5.74, 6) is -1.35. The number of esters is 1. The van der Waals surface area contributed by atoms with Crippen molar-refractivity contribution in [1.82, 2.24) is 5.16 Å². The summed E-state index contributed by atoms with van der Waals surface area (Å²) in [5, 5.41) is 6.82. The van der Waals surface area contributed by atoms with Crippen molar-refractivity contribution in [3.63, 3.8) is 0 Å². The van der Waals surface area contributed by atoms with Crippen LogP contribution in [0, 0.1) is 0 Å². The van der Waals surface area contributed by atoms with E-state index in [2.05, 4.69) is 17.1 Å². The predicted molar refractivity (Wildman–Crippen MR) is 121 cm³/mol. The van der Waals surface area contributed by atoms with Gasteiger partial charge < -0.3 is 14.6 Å². The van der Waals surface area contributed by atoms with Gasteiger partial charge >= 0.3 is 12.1 Å². The van der Waals surface area contributed by atoms with Crippen molar-refractivity contribution in [2.75, 3.05) is 11.9 Å². The third-order valence-corrected chi connectivity index (χ3v) is 4.87. The van der Waals surface area contributed by atoms with Gasteiger partial charge in [-0.2, -0.15) is 13.2 Å². The van der Waals surface area contributed by atoms with Crippen molar-refractivity contribution in [2.45, 2.75) is 13.1 Å². The molecule has 1 N–H and O–H groups in total. The van der Waals surface area contributed by atoms with Crippen molar-refractivity contribution in [3.05, 3.63) is 88.3 Å². The van der Waals surface area contributed by atoms with E-state index in [9.17, 15) is 18.0 Å². The Morgan fingerprint density at radius 3 is 2.45 bits per heavy atom. The van der Waals surface area contributed by atoms with Gasteiger partial charge in [0.15, 0.2) is 5.76 Å². The zero-order valence-electron chi connectivity index (χ0n) is 17.2. The van der Waals surface area contributed by atoms with Crippen LogP contribution in [0.15, 0.2) is 71.4 Å². The van der Waals surface area contributed by atoms with E-state index in [1.165, 1.54) is 24.3 Å². The molecule has 1 aromatic heterocycles. The number of halogens is 5. The van der Waals surface area contributed by atoms with Crippen molar-refractivity contribution < 1.29 is 27.2 Å². The quantitative estimate of drug-likeness (QED) is 0.272. The van der Waals surface area contributed by atoms with E-state index in [1.54, 1.807) is 31.2 Å². The zero-order chi connectivity index (χ0) is 24.2. The molecule has 0 aliphatic heterocycles. The molecule has 2 aromatic carbocycles. The number of allylic oxidation sites excluding steroid dienone is 3. The van der Waals surface area contributed by atoms with Crippen LogP contribution in [0.4, 0.5) is 18.9 Å². The highest BCUT2D eigenvalue weighted by molar-refractivity contribution is 6.31.